The molecule has 2 saturated heterocycles. The number of unbranched alkanes of at least 4 members (excludes halogenated alkanes) is 2. The number of halogens is 1. The summed E-state index contributed by atoms with van der Waals surface area (Å²) in [5.41, 5.74) is 3.36. The molecule has 4 rings (SSSR count). The third kappa shape index (κ3) is 5.78. The molecule has 2 heterocycles. The molecular weight excluding hydrogens is 481 g/mol. The Morgan fingerprint density at radius 2 is 1.95 bits per heavy atom. The molecule has 1 aromatic rings. The number of phenols is 1. The molecule has 37 heavy (non-hydrogen) atoms. The summed E-state index contributed by atoms with van der Waals surface area (Å²) < 4.78 is 19.8. The first-order chi connectivity index (χ1) is 17.7. The summed E-state index contributed by atoms with van der Waals surface area (Å²) in [6.07, 6.45) is 4.99. The van der Waals surface area contributed by atoms with Crippen LogP contribution in [0.4, 0.5) is 4.39 Å². The lowest BCUT2D eigenvalue weighted by Gasteiger charge is -2.31. The van der Waals surface area contributed by atoms with Gasteiger partial charge in [-0.25, -0.2) is 4.39 Å². The number of likely N-dealkylation sites (tertiary alicyclic amines) is 1. The molecule has 1 aliphatic carbocycles. The zero-order valence-corrected chi connectivity index (χ0v) is 21.0. The van der Waals surface area contributed by atoms with Crippen LogP contribution in [0.5, 0.6) is 5.75 Å². The maximum atomic E-state index is 13.6. The van der Waals surface area contributed by atoms with Crippen LogP contribution < -0.4 is 0 Å². The molecule has 0 radical (unpaired) electrons. The average Bonchev–Trinajstić information content (AvgIpc) is 3.38. The maximum absolute atomic E-state index is 13.6. The zero-order chi connectivity index (χ0) is 26.7. The number of aliphatic hydroxyl groups is 1. The standard InChI is InChI=1S/C28H34FNO7/c1-16(11-17-7-8-22(32)21(29)12-17)6-9-23-25-18(14-31)13-19-26(20(25)15-37-23)28(36)30(27(19)35)10-4-2-3-5-24(33)34/h7-8,11-12,19-20,23,26,31-32H,2-6,9-10,13-15H2,1H3,(H,33,34)/b16-11+/t19-,20+,23-,26-/m1/s1. The molecule has 2 amide bonds. The van der Waals surface area contributed by atoms with Gasteiger partial charge in [0.1, 0.15) is 0 Å². The van der Waals surface area contributed by atoms with Gasteiger partial charge in [-0.1, -0.05) is 24.1 Å². The van der Waals surface area contributed by atoms with Crippen molar-refractivity contribution in [2.45, 2.75) is 58.0 Å². The number of aliphatic carboxylic acids is 1. The highest BCUT2D eigenvalue weighted by Crippen LogP contribution is 2.49. The van der Waals surface area contributed by atoms with Crippen LogP contribution in [0.25, 0.3) is 6.08 Å². The predicted octanol–water partition coefficient (Wildman–Crippen LogP) is 3.67. The molecule has 1 aromatic carbocycles. The number of carboxylic acids is 1. The highest BCUT2D eigenvalue weighted by Gasteiger charge is 2.56. The number of hydrogen-bond donors (Lipinski definition) is 3. The molecule has 0 spiro atoms. The molecule has 0 bridgehead atoms. The minimum Gasteiger partial charge on any atom is -0.505 e. The van der Waals surface area contributed by atoms with Gasteiger partial charge in [-0.05, 0) is 67.9 Å². The van der Waals surface area contributed by atoms with E-state index in [9.17, 15) is 29.0 Å². The Kier molecular flexibility index (Phi) is 8.44. The highest BCUT2D eigenvalue weighted by molar-refractivity contribution is 6.06. The number of ether oxygens (including phenoxy) is 1. The van der Waals surface area contributed by atoms with E-state index in [-0.39, 0.29) is 43.4 Å². The van der Waals surface area contributed by atoms with E-state index < -0.39 is 29.4 Å². The fourth-order valence-electron chi connectivity index (χ4n) is 5.96. The summed E-state index contributed by atoms with van der Waals surface area (Å²) >= 11 is 0. The van der Waals surface area contributed by atoms with Crippen molar-refractivity contribution >= 4 is 23.9 Å². The summed E-state index contributed by atoms with van der Waals surface area (Å²) in [6.45, 7) is 2.35. The van der Waals surface area contributed by atoms with Crippen molar-refractivity contribution in [2.75, 3.05) is 19.8 Å². The topological polar surface area (TPSA) is 124 Å². The van der Waals surface area contributed by atoms with E-state index in [1.807, 2.05) is 13.0 Å². The van der Waals surface area contributed by atoms with Gasteiger partial charge in [0.25, 0.3) is 0 Å². The van der Waals surface area contributed by atoms with Crippen molar-refractivity contribution in [3.05, 3.63) is 46.3 Å². The summed E-state index contributed by atoms with van der Waals surface area (Å²) in [4.78, 5) is 38.4. The number of imide groups is 1. The third-order valence-corrected chi connectivity index (χ3v) is 7.75. The molecule has 3 N–H and O–H groups in total. The molecule has 2 aliphatic heterocycles. The Balaban J connectivity index is 1.41. The lowest BCUT2D eigenvalue weighted by Crippen LogP contribution is -2.35. The van der Waals surface area contributed by atoms with Gasteiger partial charge in [0, 0.05) is 18.9 Å². The van der Waals surface area contributed by atoms with Crippen molar-refractivity contribution in [3.8, 4) is 5.75 Å². The number of carbonyl (C=O) groups excluding carboxylic acids is 2. The number of carboxylic acid groups (broad SMARTS) is 1. The Bertz CT molecular complexity index is 1130. The molecular formula is C28H34FNO7. The number of phenolic OH excluding ortho intramolecular Hbond substituents is 1. The normalized spacial score (nSPS) is 25.6. The van der Waals surface area contributed by atoms with Gasteiger partial charge in [0.05, 0.1) is 31.2 Å². The SMILES string of the molecule is C/C(=C\c1ccc(O)c(F)c1)CC[C@H]1OC[C@H]2C1=C(CO)C[C@H]1C(=O)N(CCCCCC(=O)O)C(=O)[C@H]12. The number of aromatic hydroxyl groups is 1. The second kappa shape index (κ2) is 11.6. The maximum Gasteiger partial charge on any atom is 0.303 e. The summed E-state index contributed by atoms with van der Waals surface area (Å²) in [5, 5.41) is 28.3. The van der Waals surface area contributed by atoms with Crippen molar-refractivity contribution in [1.82, 2.24) is 4.90 Å². The van der Waals surface area contributed by atoms with Gasteiger partial charge in [0.15, 0.2) is 11.6 Å². The molecule has 3 aliphatic rings. The molecule has 8 nitrogen and oxygen atoms in total. The Morgan fingerprint density at radius 1 is 1.16 bits per heavy atom. The van der Waals surface area contributed by atoms with Crippen molar-refractivity contribution < 1.29 is 38.8 Å². The van der Waals surface area contributed by atoms with Gasteiger partial charge in [-0.15, -0.1) is 0 Å². The minimum atomic E-state index is -0.856. The van der Waals surface area contributed by atoms with Gasteiger partial charge < -0.3 is 20.1 Å². The molecule has 2 fully saturated rings. The van der Waals surface area contributed by atoms with Gasteiger partial charge in [-0.3, -0.25) is 19.3 Å². The van der Waals surface area contributed by atoms with E-state index in [0.29, 0.717) is 50.7 Å². The number of aliphatic hydroxyl groups excluding tert-OH is 1. The second-order valence-corrected chi connectivity index (χ2v) is 10.3. The smallest absolute Gasteiger partial charge is 0.303 e. The average molecular weight is 516 g/mol. The Morgan fingerprint density at radius 3 is 2.65 bits per heavy atom. The molecule has 0 unspecified atom stereocenters. The monoisotopic (exact) mass is 515 g/mol. The van der Waals surface area contributed by atoms with E-state index in [1.165, 1.54) is 17.0 Å². The van der Waals surface area contributed by atoms with E-state index in [4.69, 9.17) is 9.84 Å². The lowest BCUT2D eigenvalue weighted by molar-refractivity contribution is -0.141. The van der Waals surface area contributed by atoms with Crippen molar-refractivity contribution in [2.24, 2.45) is 17.8 Å². The van der Waals surface area contributed by atoms with Crippen LogP contribution in [0, 0.1) is 23.6 Å². The third-order valence-electron chi connectivity index (χ3n) is 7.75. The number of fused-ring (bicyclic) bond motifs is 3. The predicted molar refractivity (Wildman–Crippen MR) is 133 cm³/mol. The number of amides is 2. The number of hydrogen-bond acceptors (Lipinski definition) is 6. The van der Waals surface area contributed by atoms with E-state index in [0.717, 1.165) is 16.7 Å². The number of rotatable bonds is 11. The largest absolute Gasteiger partial charge is 0.505 e. The van der Waals surface area contributed by atoms with E-state index >= 15 is 0 Å². The summed E-state index contributed by atoms with van der Waals surface area (Å²) in [7, 11) is 0. The van der Waals surface area contributed by atoms with Crippen LogP contribution in [0.1, 0.15) is 57.4 Å². The first kappa shape index (κ1) is 27.0. The van der Waals surface area contributed by atoms with Gasteiger partial charge in [0.2, 0.25) is 11.8 Å². The van der Waals surface area contributed by atoms with Crippen LogP contribution in [0.15, 0.2) is 34.9 Å². The van der Waals surface area contributed by atoms with E-state index in [2.05, 4.69) is 0 Å². The van der Waals surface area contributed by atoms with Crippen molar-refractivity contribution in [3.63, 3.8) is 0 Å². The van der Waals surface area contributed by atoms with Gasteiger partial charge >= 0.3 is 5.97 Å². The van der Waals surface area contributed by atoms with Crippen LogP contribution in [-0.4, -0.2) is 63.9 Å². The zero-order valence-electron chi connectivity index (χ0n) is 21.0. The number of nitrogens with zero attached hydrogens (tertiary/aromatic N) is 1. The number of carbonyl (C=O) groups is 3. The fraction of sp³-hybridized carbons (Fsp3) is 0.536. The Labute approximate surface area is 215 Å². The minimum absolute atomic E-state index is 0.0710. The quantitative estimate of drug-likeness (QED) is 0.233. The molecule has 0 aromatic heterocycles. The summed E-state index contributed by atoms with van der Waals surface area (Å²) in [5.74, 6) is -3.54. The first-order valence-corrected chi connectivity index (χ1v) is 12.9. The van der Waals surface area contributed by atoms with Crippen molar-refractivity contribution in [1.29, 1.82) is 0 Å². The number of benzene rings is 1. The highest BCUT2D eigenvalue weighted by atomic mass is 19.1. The molecule has 9 heteroatoms. The molecule has 4 atom stereocenters. The second-order valence-electron chi connectivity index (χ2n) is 10.3. The van der Waals surface area contributed by atoms with Crippen LogP contribution >= 0.6 is 0 Å². The first-order valence-electron chi connectivity index (χ1n) is 12.9. The van der Waals surface area contributed by atoms with Crippen LogP contribution in [0.2, 0.25) is 0 Å². The van der Waals surface area contributed by atoms with E-state index in [1.54, 1.807) is 6.07 Å². The van der Waals surface area contributed by atoms with Crippen LogP contribution in [0.3, 0.4) is 0 Å². The van der Waals surface area contributed by atoms with Gasteiger partial charge in [-0.2, -0.15) is 0 Å². The molecule has 200 valence electrons. The lowest BCUT2D eigenvalue weighted by atomic mass is 9.69. The Hall–Kier alpha value is -3.04. The summed E-state index contributed by atoms with van der Waals surface area (Å²) in [6, 6.07) is 4.22. The van der Waals surface area contributed by atoms with Crippen LogP contribution in [-0.2, 0) is 19.1 Å². The molecule has 0 saturated carbocycles. The fourth-order valence-corrected chi connectivity index (χ4v) is 5.96. The number of allylic oxidation sites excluding steroid dienone is 1.